The number of halogens is 2. The molecule has 2 unspecified atom stereocenters. The molecular weight excluding hydrogens is 537 g/mol. The quantitative estimate of drug-likeness (QED) is 0.320. The summed E-state index contributed by atoms with van der Waals surface area (Å²) in [6, 6.07) is 8.63. The summed E-state index contributed by atoms with van der Waals surface area (Å²) in [5.74, 6) is 1.61. The molecule has 6 nitrogen and oxygen atoms in total. The number of nitrogens with zero attached hydrogens (tertiary/aromatic N) is 4. The molecule has 2 saturated heterocycles. The van der Waals surface area contributed by atoms with Crippen molar-refractivity contribution in [2.24, 2.45) is 10.9 Å². The molecule has 176 valence electrons. The van der Waals surface area contributed by atoms with Gasteiger partial charge < -0.3 is 19.5 Å². The molecule has 0 amide bonds. The van der Waals surface area contributed by atoms with Gasteiger partial charge in [0, 0.05) is 55.7 Å². The predicted molar refractivity (Wildman–Crippen MR) is 141 cm³/mol. The number of rotatable bonds is 5. The van der Waals surface area contributed by atoms with Crippen LogP contribution in [0.25, 0.3) is 0 Å². The molecule has 2 aromatic rings. The number of benzene rings is 1. The van der Waals surface area contributed by atoms with E-state index >= 15 is 0 Å². The molecule has 0 radical (unpaired) electrons. The van der Waals surface area contributed by atoms with Crippen LogP contribution in [0.5, 0.6) is 0 Å². The number of aliphatic imine (C=N–C) groups is 1. The van der Waals surface area contributed by atoms with Gasteiger partial charge in [0.1, 0.15) is 0 Å². The Morgan fingerprint density at radius 2 is 2.09 bits per heavy atom. The second kappa shape index (κ2) is 11.7. The zero-order valence-electron chi connectivity index (χ0n) is 19.0. The molecule has 0 bridgehead atoms. The summed E-state index contributed by atoms with van der Waals surface area (Å²) in [5.41, 5.74) is 1.12. The molecule has 1 aromatic carbocycles. The van der Waals surface area contributed by atoms with E-state index in [9.17, 15) is 0 Å². The zero-order valence-corrected chi connectivity index (χ0v) is 22.1. The Balaban J connectivity index is 0.00000289. The van der Waals surface area contributed by atoms with Crippen LogP contribution < -0.4 is 5.32 Å². The molecule has 1 N–H and O–H groups in total. The van der Waals surface area contributed by atoms with E-state index in [2.05, 4.69) is 51.9 Å². The zero-order chi connectivity index (χ0) is 21.7. The lowest BCUT2D eigenvalue weighted by atomic mass is 9.74. The normalized spacial score (nSPS) is 23.5. The van der Waals surface area contributed by atoms with Gasteiger partial charge in [-0.05, 0) is 43.7 Å². The molecular formula is C24H35ClIN5O. The van der Waals surface area contributed by atoms with Gasteiger partial charge in [-0.25, -0.2) is 4.98 Å². The second-order valence-corrected chi connectivity index (χ2v) is 9.24. The number of aromatic nitrogens is 2. The van der Waals surface area contributed by atoms with Gasteiger partial charge in [-0.1, -0.05) is 36.7 Å². The SMILES string of the molecule is CCNC(=NCC1(c2ccccc2Cl)CCOCC1)N1CCC(C)C(n2ccnc2)C1.I. The number of likely N-dealkylation sites (tertiary alicyclic amines) is 1. The van der Waals surface area contributed by atoms with Gasteiger partial charge in [-0.2, -0.15) is 0 Å². The highest BCUT2D eigenvalue weighted by Gasteiger charge is 2.36. The Kier molecular flexibility index (Phi) is 9.25. The van der Waals surface area contributed by atoms with Crippen molar-refractivity contribution in [2.75, 3.05) is 39.4 Å². The molecule has 0 aliphatic carbocycles. The van der Waals surface area contributed by atoms with Gasteiger partial charge in [-0.15, -0.1) is 24.0 Å². The van der Waals surface area contributed by atoms with Crippen molar-refractivity contribution in [3.8, 4) is 0 Å². The number of imidazole rings is 1. The van der Waals surface area contributed by atoms with Crippen LogP contribution in [0.15, 0.2) is 48.0 Å². The molecule has 2 atom stereocenters. The molecule has 1 aromatic heterocycles. The first-order valence-corrected chi connectivity index (χ1v) is 11.8. The summed E-state index contributed by atoms with van der Waals surface area (Å²) < 4.78 is 7.94. The van der Waals surface area contributed by atoms with Crippen molar-refractivity contribution in [3.63, 3.8) is 0 Å². The van der Waals surface area contributed by atoms with Crippen LogP contribution in [0.3, 0.4) is 0 Å². The van der Waals surface area contributed by atoms with E-state index in [0.29, 0.717) is 18.5 Å². The second-order valence-electron chi connectivity index (χ2n) is 8.83. The molecule has 32 heavy (non-hydrogen) atoms. The minimum absolute atomic E-state index is 0. The fourth-order valence-corrected chi connectivity index (χ4v) is 5.25. The maximum atomic E-state index is 6.64. The predicted octanol–water partition coefficient (Wildman–Crippen LogP) is 4.75. The highest BCUT2D eigenvalue weighted by atomic mass is 127. The van der Waals surface area contributed by atoms with Gasteiger partial charge in [-0.3, -0.25) is 4.99 Å². The summed E-state index contributed by atoms with van der Waals surface area (Å²) >= 11 is 6.64. The summed E-state index contributed by atoms with van der Waals surface area (Å²) in [5, 5.41) is 4.37. The first-order chi connectivity index (χ1) is 15.1. The van der Waals surface area contributed by atoms with E-state index in [1.165, 1.54) is 5.56 Å². The van der Waals surface area contributed by atoms with Crippen molar-refractivity contribution in [1.82, 2.24) is 19.8 Å². The number of guanidine groups is 1. The minimum Gasteiger partial charge on any atom is -0.381 e. The van der Waals surface area contributed by atoms with Crippen LogP contribution in [0, 0.1) is 5.92 Å². The third-order valence-electron chi connectivity index (χ3n) is 6.89. The lowest BCUT2D eigenvalue weighted by molar-refractivity contribution is 0.0530. The Labute approximate surface area is 213 Å². The minimum atomic E-state index is -0.0793. The van der Waals surface area contributed by atoms with Crippen molar-refractivity contribution in [2.45, 2.75) is 44.6 Å². The van der Waals surface area contributed by atoms with E-state index in [4.69, 9.17) is 21.3 Å². The first kappa shape index (κ1) is 25.3. The number of nitrogens with one attached hydrogen (secondary N) is 1. The van der Waals surface area contributed by atoms with Crippen LogP contribution in [0.4, 0.5) is 0 Å². The van der Waals surface area contributed by atoms with Gasteiger partial charge >= 0.3 is 0 Å². The van der Waals surface area contributed by atoms with E-state index in [0.717, 1.165) is 63.1 Å². The van der Waals surface area contributed by atoms with Crippen molar-refractivity contribution >= 4 is 41.5 Å². The Morgan fingerprint density at radius 3 is 2.78 bits per heavy atom. The average Bonchev–Trinajstić information content (AvgIpc) is 3.33. The van der Waals surface area contributed by atoms with Crippen LogP contribution in [0.1, 0.15) is 44.7 Å². The highest BCUT2D eigenvalue weighted by Crippen LogP contribution is 2.39. The third-order valence-corrected chi connectivity index (χ3v) is 7.22. The van der Waals surface area contributed by atoms with Crippen molar-refractivity contribution < 1.29 is 4.74 Å². The fourth-order valence-electron chi connectivity index (χ4n) is 4.91. The number of hydrogen-bond acceptors (Lipinski definition) is 3. The lowest BCUT2D eigenvalue weighted by Gasteiger charge is -2.40. The molecule has 0 spiro atoms. The summed E-state index contributed by atoms with van der Waals surface area (Å²) in [7, 11) is 0. The Morgan fingerprint density at radius 1 is 1.31 bits per heavy atom. The summed E-state index contributed by atoms with van der Waals surface area (Å²) in [4.78, 5) is 11.9. The van der Waals surface area contributed by atoms with Crippen LogP contribution in [-0.4, -0.2) is 59.8 Å². The Bertz CT molecular complexity index is 869. The smallest absolute Gasteiger partial charge is 0.194 e. The molecule has 4 rings (SSSR count). The van der Waals surface area contributed by atoms with E-state index in [-0.39, 0.29) is 29.4 Å². The maximum Gasteiger partial charge on any atom is 0.194 e. The van der Waals surface area contributed by atoms with Gasteiger partial charge in [0.25, 0.3) is 0 Å². The van der Waals surface area contributed by atoms with Crippen LogP contribution in [-0.2, 0) is 10.2 Å². The third kappa shape index (κ3) is 5.59. The maximum absolute atomic E-state index is 6.64. The molecule has 0 saturated carbocycles. The number of hydrogen-bond donors (Lipinski definition) is 1. The van der Waals surface area contributed by atoms with Gasteiger partial charge in [0.05, 0.1) is 18.9 Å². The van der Waals surface area contributed by atoms with Crippen molar-refractivity contribution in [1.29, 1.82) is 0 Å². The molecule has 2 aliphatic heterocycles. The first-order valence-electron chi connectivity index (χ1n) is 11.5. The van der Waals surface area contributed by atoms with Crippen LogP contribution in [0.2, 0.25) is 5.02 Å². The van der Waals surface area contributed by atoms with Gasteiger partial charge in [0.2, 0.25) is 0 Å². The molecule has 2 fully saturated rings. The average molecular weight is 572 g/mol. The number of piperidine rings is 1. The van der Waals surface area contributed by atoms with E-state index in [1.54, 1.807) is 0 Å². The molecule has 3 heterocycles. The van der Waals surface area contributed by atoms with Crippen LogP contribution >= 0.6 is 35.6 Å². The monoisotopic (exact) mass is 571 g/mol. The van der Waals surface area contributed by atoms with E-state index in [1.807, 2.05) is 24.7 Å². The molecule has 8 heteroatoms. The van der Waals surface area contributed by atoms with E-state index < -0.39 is 0 Å². The van der Waals surface area contributed by atoms with Gasteiger partial charge in [0.15, 0.2) is 5.96 Å². The topological polar surface area (TPSA) is 54.7 Å². The highest BCUT2D eigenvalue weighted by molar-refractivity contribution is 14.0. The molecule has 2 aliphatic rings. The Hall–Kier alpha value is -1.32. The standard InChI is InChI=1S/C24H34ClN5O.HI/c1-3-27-23(29-12-8-19(2)22(16-29)30-13-11-26-18-30)28-17-24(9-14-31-15-10-24)20-6-4-5-7-21(20)25;/h4-7,11,13,18-19,22H,3,8-10,12,14-17H2,1-2H3,(H,27,28);1H. The summed E-state index contributed by atoms with van der Waals surface area (Å²) in [6.07, 6.45) is 8.88. The summed E-state index contributed by atoms with van der Waals surface area (Å²) in [6.45, 7) is 9.48. The van der Waals surface area contributed by atoms with Crippen molar-refractivity contribution in [3.05, 3.63) is 53.6 Å². The lowest BCUT2D eigenvalue weighted by Crippen LogP contribution is -2.49. The largest absolute Gasteiger partial charge is 0.381 e. The number of ether oxygens (including phenoxy) is 1. The fraction of sp³-hybridized carbons (Fsp3) is 0.583.